The van der Waals surface area contributed by atoms with Crippen LogP contribution in [0.5, 0.6) is 0 Å². The number of aliphatic hydroxyl groups is 1. The molecule has 0 fully saturated rings. The molecule has 0 bridgehead atoms. The van der Waals surface area contributed by atoms with Crippen molar-refractivity contribution in [2.75, 3.05) is 87.5 Å². The summed E-state index contributed by atoms with van der Waals surface area (Å²) in [6.07, 6.45) is 2.98. The first-order valence-corrected chi connectivity index (χ1v) is 13.0. The largest absolute Gasteiger partial charge is 0.630 e. The summed E-state index contributed by atoms with van der Waals surface area (Å²) < 4.78 is 11.3. The van der Waals surface area contributed by atoms with E-state index in [1.165, 1.54) is 5.80 Å². The number of nitrogens with zero attached hydrogens (tertiary/aromatic N) is 2. The van der Waals surface area contributed by atoms with Crippen molar-refractivity contribution in [2.24, 2.45) is 0 Å². The van der Waals surface area contributed by atoms with E-state index in [1.54, 1.807) is 0 Å². The monoisotopic (exact) mass is 480 g/mol. The molecule has 11 heteroatoms. The van der Waals surface area contributed by atoms with Crippen molar-refractivity contribution in [1.82, 2.24) is 0 Å². The van der Waals surface area contributed by atoms with Crippen molar-refractivity contribution < 1.29 is 42.9 Å². The lowest BCUT2D eigenvalue weighted by Gasteiger charge is -2.22. The molecule has 0 aromatic rings. The summed E-state index contributed by atoms with van der Waals surface area (Å²) in [5, 5.41) is 9.63. The molecule has 2 atom stereocenters. The minimum Gasteiger partial charge on any atom is -0.630 e. The maximum Gasteiger partial charge on any atom is 0.331 e. The Morgan fingerprint density at radius 2 is 1.42 bits per heavy atom. The molecule has 0 aromatic heterocycles. The van der Waals surface area contributed by atoms with E-state index in [1.807, 2.05) is 42.3 Å². The Kier molecular flexibility index (Phi) is 14.2. The second-order valence-electron chi connectivity index (χ2n) is 9.06. The standard InChI is InChI=1S/C20H38N2O7P2/c1-21(2,3)10-14-30(26)16-13-28-19(24)7-8-20(25)29-17-18(9-12-23)31(27)15-11-22(4,5)6/h7-8,16,23H,9-15,17H2,1-6H3/q+2/b8-7+. The maximum atomic E-state index is 12.4. The Bertz CT molecular complexity index is 678. The Labute approximate surface area is 188 Å². The predicted octanol–water partition coefficient (Wildman–Crippen LogP) is -1.09. The Morgan fingerprint density at radius 3 is 1.94 bits per heavy atom. The third-order valence-corrected chi connectivity index (χ3v) is 6.82. The van der Waals surface area contributed by atoms with Crippen molar-refractivity contribution in [2.45, 2.75) is 6.42 Å². The molecule has 9 nitrogen and oxygen atoms in total. The summed E-state index contributed by atoms with van der Waals surface area (Å²) in [5.41, 5.74) is 0. The van der Waals surface area contributed by atoms with E-state index >= 15 is 0 Å². The zero-order chi connectivity index (χ0) is 24.1. The molecule has 0 rings (SSSR count). The molecule has 0 aliphatic rings. The van der Waals surface area contributed by atoms with Crippen LogP contribution in [0.4, 0.5) is 0 Å². The second kappa shape index (κ2) is 14.8. The Balaban J connectivity index is 4.51. The van der Waals surface area contributed by atoms with Crippen molar-refractivity contribution in [1.29, 1.82) is 0 Å². The van der Waals surface area contributed by atoms with Gasteiger partial charge in [0, 0.05) is 18.6 Å². The molecule has 1 N–H and O–H groups in total. The number of aliphatic hydroxyl groups excluding tert-OH is 1. The van der Waals surface area contributed by atoms with E-state index in [-0.39, 0.29) is 26.2 Å². The zero-order valence-electron chi connectivity index (χ0n) is 19.6. The highest BCUT2D eigenvalue weighted by Gasteiger charge is 2.16. The summed E-state index contributed by atoms with van der Waals surface area (Å²) >= 11 is 0. The molecule has 31 heavy (non-hydrogen) atoms. The third kappa shape index (κ3) is 18.1. The summed E-state index contributed by atoms with van der Waals surface area (Å²) in [6, 6.07) is 0. The molecule has 0 aromatic carbocycles. The highest BCUT2D eigenvalue weighted by atomic mass is 31.1. The number of esters is 2. The number of hydrogen-bond donors (Lipinski definition) is 1. The van der Waals surface area contributed by atoms with Crippen LogP contribution in [0, 0.1) is 0 Å². The fourth-order valence-corrected chi connectivity index (χ4v) is 4.90. The van der Waals surface area contributed by atoms with Gasteiger partial charge in [-0.25, -0.2) is 9.59 Å². The van der Waals surface area contributed by atoms with Gasteiger partial charge in [-0.15, -0.1) is 0 Å². The van der Waals surface area contributed by atoms with E-state index in [0.717, 1.165) is 18.7 Å². The van der Waals surface area contributed by atoms with Gasteiger partial charge >= 0.3 is 11.9 Å². The van der Waals surface area contributed by atoms with E-state index < -0.39 is 27.5 Å². The lowest BCUT2D eigenvalue weighted by Crippen LogP contribution is -2.37. The molecule has 0 saturated carbocycles. The number of hydrogen-bond acceptors (Lipinski definition) is 7. The highest BCUT2D eigenvalue weighted by molar-refractivity contribution is 7.51. The van der Waals surface area contributed by atoms with Crippen LogP contribution < -0.4 is 9.79 Å². The lowest BCUT2D eigenvalue weighted by molar-refractivity contribution is -0.867. The van der Waals surface area contributed by atoms with E-state index in [0.29, 0.717) is 33.1 Å². The van der Waals surface area contributed by atoms with Crippen molar-refractivity contribution >= 4 is 38.6 Å². The van der Waals surface area contributed by atoms with Crippen molar-refractivity contribution in [3.8, 4) is 0 Å². The smallest absolute Gasteiger partial charge is 0.331 e. The van der Waals surface area contributed by atoms with Crippen LogP contribution in [0.3, 0.4) is 0 Å². The topological polar surface area (TPSA) is 119 Å². The van der Waals surface area contributed by atoms with Gasteiger partial charge in [0.05, 0.1) is 64.4 Å². The van der Waals surface area contributed by atoms with Gasteiger partial charge in [-0.3, -0.25) is 0 Å². The Hall–Kier alpha value is -1.18. The fraction of sp³-hybridized carbons (Fsp3) is 0.700. The van der Waals surface area contributed by atoms with Crippen LogP contribution in [-0.2, 0) is 19.1 Å². The van der Waals surface area contributed by atoms with Crippen LogP contribution in [0.2, 0.25) is 0 Å². The predicted molar refractivity (Wildman–Crippen MR) is 123 cm³/mol. The van der Waals surface area contributed by atoms with Crippen LogP contribution in [-0.4, -0.2) is 125 Å². The van der Waals surface area contributed by atoms with Gasteiger partial charge in [0.2, 0.25) is 0 Å². The minimum atomic E-state index is -1.73. The average molecular weight is 480 g/mol. The van der Waals surface area contributed by atoms with E-state index in [4.69, 9.17) is 14.6 Å². The Morgan fingerprint density at radius 1 is 0.903 bits per heavy atom. The first-order valence-electron chi connectivity index (χ1n) is 10.0. The summed E-state index contributed by atoms with van der Waals surface area (Å²) in [5.74, 6) is -0.0879. The summed E-state index contributed by atoms with van der Waals surface area (Å²) in [4.78, 5) is 47.7. The molecule has 0 saturated heterocycles. The minimum absolute atomic E-state index is 0.105. The van der Waals surface area contributed by atoms with Crippen molar-refractivity contribution in [3.05, 3.63) is 12.2 Å². The summed E-state index contributed by atoms with van der Waals surface area (Å²) in [6.45, 7) is 0.953. The van der Waals surface area contributed by atoms with Gasteiger partial charge in [-0.1, -0.05) is 0 Å². The van der Waals surface area contributed by atoms with Gasteiger partial charge in [0.25, 0.3) is 0 Å². The highest BCUT2D eigenvalue weighted by Crippen LogP contribution is 2.17. The molecule has 0 aliphatic heterocycles. The van der Waals surface area contributed by atoms with Crippen LogP contribution in [0.15, 0.2) is 12.2 Å². The fourth-order valence-electron chi connectivity index (χ4n) is 2.03. The number of ether oxygens (including phenoxy) is 2. The van der Waals surface area contributed by atoms with Crippen molar-refractivity contribution in [3.63, 3.8) is 0 Å². The summed E-state index contributed by atoms with van der Waals surface area (Å²) in [7, 11) is 8.67. The number of rotatable bonds is 14. The molecule has 0 radical (unpaired) electrons. The number of quaternary nitrogens is 2. The first-order chi connectivity index (χ1) is 14.2. The van der Waals surface area contributed by atoms with Gasteiger partial charge < -0.3 is 33.3 Å². The number of carbonyl (C=O) groups excluding carboxylic acids is 2. The molecule has 0 spiro atoms. The molecule has 0 aliphatic carbocycles. The van der Waals surface area contributed by atoms with Gasteiger partial charge in [-0.05, 0) is 0 Å². The quantitative estimate of drug-likeness (QED) is 0.145. The van der Waals surface area contributed by atoms with E-state index in [9.17, 15) is 19.4 Å². The zero-order valence-corrected chi connectivity index (χ0v) is 21.4. The first kappa shape index (κ1) is 29.8. The average Bonchev–Trinajstić information content (AvgIpc) is 2.65. The molecule has 2 unspecified atom stereocenters. The van der Waals surface area contributed by atoms with E-state index in [2.05, 4.69) is 0 Å². The van der Waals surface area contributed by atoms with Gasteiger partial charge in [0.1, 0.15) is 30.8 Å². The van der Waals surface area contributed by atoms with Gasteiger partial charge in [0.15, 0.2) is 18.9 Å². The second-order valence-corrected chi connectivity index (χ2v) is 12.5. The van der Waals surface area contributed by atoms with Crippen LogP contribution in [0.25, 0.3) is 0 Å². The maximum absolute atomic E-state index is 12.4. The lowest BCUT2D eigenvalue weighted by atomic mass is 10.3. The third-order valence-electron chi connectivity index (χ3n) is 3.96. The van der Waals surface area contributed by atoms with Gasteiger partial charge in [-0.2, -0.15) is 0 Å². The van der Waals surface area contributed by atoms with Crippen LogP contribution in [0.1, 0.15) is 6.42 Å². The normalized spacial score (nSPS) is 13.9. The SMILES string of the molecule is C[N+](C)(C)CC[P+]([O-])=CCOC(=O)/C=C/C(=O)OCC(CCO)=[P+]([O-])CC[N+](C)(C)C. The molecule has 0 heterocycles. The van der Waals surface area contributed by atoms with Crippen LogP contribution >= 0.6 is 15.5 Å². The molecule has 178 valence electrons. The molecular weight excluding hydrogens is 442 g/mol. The molecular formula is C20H38N2O7P2+2. The number of carbonyl (C=O) groups is 2. The molecule has 0 amide bonds.